The number of carbonyl (C=O) groups excluding carboxylic acids is 1. The maximum absolute atomic E-state index is 13.4. The number of imide groups is 1. The molecule has 0 fully saturated rings. The van der Waals surface area contributed by atoms with Crippen molar-refractivity contribution in [2.24, 2.45) is 0 Å². The van der Waals surface area contributed by atoms with Gasteiger partial charge in [0.1, 0.15) is 5.60 Å². The number of aliphatic hydroxyl groups excluding tert-OH is 1. The summed E-state index contributed by atoms with van der Waals surface area (Å²) in [5.41, 5.74) is -0.193. The third-order valence-electron chi connectivity index (χ3n) is 4.84. The molecule has 3 aromatic rings. The van der Waals surface area contributed by atoms with Crippen LogP contribution in [0.4, 0.5) is 26.0 Å². The summed E-state index contributed by atoms with van der Waals surface area (Å²) in [6.07, 6.45) is -0.662. The third-order valence-corrected chi connectivity index (χ3v) is 5.54. The molecular formula is C23H24Cl2N6O7. The molecule has 2 aromatic heterocycles. The summed E-state index contributed by atoms with van der Waals surface area (Å²) in [5, 5.41) is 32.9. The Labute approximate surface area is 226 Å². The van der Waals surface area contributed by atoms with E-state index in [-0.39, 0.29) is 45.9 Å². The molecule has 2 heterocycles. The van der Waals surface area contributed by atoms with Crippen LogP contribution < -0.4 is 9.80 Å². The van der Waals surface area contributed by atoms with E-state index in [1.807, 2.05) is 0 Å². The summed E-state index contributed by atoms with van der Waals surface area (Å²) in [6.45, 7) is 4.50. The second-order valence-corrected chi connectivity index (χ2v) is 9.60. The molecule has 1 aromatic carbocycles. The number of benzene rings is 1. The zero-order chi connectivity index (χ0) is 28.2. The van der Waals surface area contributed by atoms with Gasteiger partial charge in [-0.25, -0.2) is 24.4 Å². The Bertz CT molecular complexity index is 1320. The van der Waals surface area contributed by atoms with Crippen molar-refractivity contribution >= 4 is 53.1 Å². The lowest BCUT2D eigenvalue weighted by atomic mass is 10.2. The van der Waals surface area contributed by atoms with Crippen LogP contribution in [0.5, 0.6) is 0 Å². The Morgan fingerprint density at radius 2 is 1.68 bits per heavy atom. The SMILES string of the molecule is CC(C)(C)OC(=O)N(Cc1c(Cl)cccc1Cl)c1nc(-c2cnn(CCO)c2)cnc1N(C(=O)O)C(=O)O. The Morgan fingerprint density at radius 3 is 2.24 bits per heavy atom. The van der Waals surface area contributed by atoms with Crippen molar-refractivity contribution in [1.82, 2.24) is 19.7 Å². The van der Waals surface area contributed by atoms with Gasteiger partial charge in [-0.15, -0.1) is 0 Å². The fourth-order valence-electron chi connectivity index (χ4n) is 3.22. The fourth-order valence-corrected chi connectivity index (χ4v) is 3.74. The maximum Gasteiger partial charge on any atom is 0.422 e. The van der Waals surface area contributed by atoms with Crippen molar-refractivity contribution in [2.45, 2.75) is 39.5 Å². The second kappa shape index (κ2) is 11.6. The lowest BCUT2D eigenvalue weighted by Gasteiger charge is -2.29. The first-order valence-corrected chi connectivity index (χ1v) is 11.8. The number of rotatable bonds is 7. The van der Waals surface area contributed by atoms with E-state index in [9.17, 15) is 29.7 Å². The lowest BCUT2D eigenvalue weighted by Crippen LogP contribution is -2.41. The van der Waals surface area contributed by atoms with Gasteiger partial charge in [0, 0.05) is 27.4 Å². The van der Waals surface area contributed by atoms with Crippen molar-refractivity contribution in [2.75, 3.05) is 16.4 Å². The monoisotopic (exact) mass is 566 g/mol. The molecule has 3 N–H and O–H groups in total. The number of ether oxygens (including phenoxy) is 1. The van der Waals surface area contributed by atoms with Crippen LogP contribution in [0.3, 0.4) is 0 Å². The second-order valence-electron chi connectivity index (χ2n) is 8.79. The Balaban J connectivity index is 2.27. The molecule has 38 heavy (non-hydrogen) atoms. The van der Waals surface area contributed by atoms with Gasteiger partial charge < -0.3 is 20.1 Å². The highest BCUT2D eigenvalue weighted by molar-refractivity contribution is 6.36. The summed E-state index contributed by atoms with van der Waals surface area (Å²) >= 11 is 12.7. The number of anilines is 2. The molecule has 202 valence electrons. The first-order chi connectivity index (χ1) is 17.8. The minimum Gasteiger partial charge on any atom is -0.464 e. The molecule has 0 aliphatic carbocycles. The smallest absolute Gasteiger partial charge is 0.422 e. The van der Waals surface area contributed by atoms with Crippen LogP contribution in [0.2, 0.25) is 10.0 Å². The van der Waals surface area contributed by atoms with Crippen LogP contribution in [0.25, 0.3) is 11.3 Å². The molecule has 0 bridgehead atoms. The van der Waals surface area contributed by atoms with E-state index >= 15 is 0 Å². The van der Waals surface area contributed by atoms with Crippen molar-refractivity contribution in [3.05, 3.63) is 52.4 Å². The average Bonchev–Trinajstić information content (AvgIpc) is 3.26. The molecule has 0 saturated carbocycles. The van der Waals surface area contributed by atoms with Gasteiger partial charge in [0.15, 0.2) is 11.6 Å². The highest BCUT2D eigenvalue weighted by atomic mass is 35.5. The van der Waals surface area contributed by atoms with E-state index in [0.29, 0.717) is 5.56 Å². The molecule has 3 amide bonds. The molecule has 0 saturated heterocycles. The number of halogens is 2. The van der Waals surface area contributed by atoms with E-state index in [1.54, 1.807) is 33.0 Å². The van der Waals surface area contributed by atoms with E-state index in [1.165, 1.54) is 23.0 Å². The molecule has 15 heteroatoms. The van der Waals surface area contributed by atoms with Crippen LogP contribution in [0.15, 0.2) is 36.8 Å². The Kier molecular flexibility index (Phi) is 8.76. The van der Waals surface area contributed by atoms with Crippen LogP contribution >= 0.6 is 23.2 Å². The Hall–Kier alpha value is -3.94. The average molecular weight is 567 g/mol. The Morgan fingerprint density at radius 1 is 1.05 bits per heavy atom. The minimum atomic E-state index is -1.88. The number of hydrogen-bond donors (Lipinski definition) is 3. The van der Waals surface area contributed by atoms with Crippen molar-refractivity contribution < 1.29 is 34.4 Å². The highest BCUT2D eigenvalue weighted by Crippen LogP contribution is 2.34. The van der Waals surface area contributed by atoms with Crippen molar-refractivity contribution in [3.63, 3.8) is 0 Å². The van der Waals surface area contributed by atoms with Crippen LogP contribution in [-0.4, -0.2) is 65.6 Å². The summed E-state index contributed by atoms with van der Waals surface area (Å²) in [6, 6.07) is 4.67. The molecule has 0 atom stereocenters. The molecule has 0 aliphatic rings. The van der Waals surface area contributed by atoms with Gasteiger partial charge >= 0.3 is 18.3 Å². The zero-order valence-electron chi connectivity index (χ0n) is 20.5. The van der Waals surface area contributed by atoms with E-state index in [4.69, 9.17) is 27.9 Å². The van der Waals surface area contributed by atoms with Gasteiger partial charge in [-0.3, -0.25) is 9.58 Å². The topological polar surface area (TPSA) is 171 Å². The normalized spacial score (nSPS) is 11.2. The minimum absolute atomic E-state index is 0.0765. The molecule has 0 radical (unpaired) electrons. The molecule has 3 rings (SSSR count). The van der Waals surface area contributed by atoms with Crippen molar-refractivity contribution in [1.29, 1.82) is 0 Å². The number of carboxylic acid groups (broad SMARTS) is 2. The molecule has 13 nitrogen and oxygen atoms in total. The quantitative estimate of drug-likeness (QED) is 0.362. The molecular weight excluding hydrogens is 543 g/mol. The summed E-state index contributed by atoms with van der Waals surface area (Å²) in [7, 11) is 0. The van der Waals surface area contributed by atoms with Crippen LogP contribution in [0, 0.1) is 0 Å². The third kappa shape index (κ3) is 6.68. The maximum atomic E-state index is 13.4. The first kappa shape index (κ1) is 28.6. The van der Waals surface area contributed by atoms with Gasteiger partial charge in [0.05, 0.1) is 37.8 Å². The fraction of sp³-hybridized carbons (Fsp3) is 0.304. The van der Waals surface area contributed by atoms with E-state index < -0.39 is 35.5 Å². The number of hydrogen-bond acceptors (Lipinski definition) is 8. The van der Waals surface area contributed by atoms with Gasteiger partial charge in [0.25, 0.3) is 0 Å². The summed E-state index contributed by atoms with van der Waals surface area (Å²) in [5.74, 6) is -1.13. The first-order valence-electron chi connectivity index (χ1n) is 11.0. The summed E-state index contributed by atoms with van der Waals surface area (Å²) < 4.78 is 6.95. The van der Waals surface area contributed by atoms with Gasteiger partial charge in [-0.05, 0) is 32.9 Å². The number of aromatic nitrogens is 4. The molecule has 0 aliphatic heterocycles. The van der Waals surface area contributed by atoms with Crippen LogP contribution in [0.1, 0.15) is 26.3 Å². The predicted molar refractivity (Wildman–Crippen MR) is 138 cm³/mol. The standard InChI is InChI=1S/C23H24Cl2N6O7/c1-23(2,3)38-22(37)30(12-14-15(24)5-4-6-16(14)25)19-18(31(20(33)34)21(35)36)26-10-17(28-19)13-9-27-29(11-13)7-8-32/h4-6,9-11,32H,7-8,12H2,1-3H3,(H,33,34)(H,35,36). The van der Waals surface area contributed by atoms with E-state index in [2.05, 4.69) is 15.1 Å². The zero-order valence-corrected chi connectivity index (χ0v) is 22.0. The van der Waals surface area contributed by atoms with E-state index in [0.717, 1.165) is 11.1 Å². The largest absolute Gasteiger partial charge is 0.464 e. The predicted octanol–water partition coefficient (Wildman–Crippen LogP) is 4.74. The summed E-state index contributed by atoms with van der Waals surface area (Å²) in [4.78, 5) is 46.4. The lowest BCUT2D eigenvalue weighted by molar-refractivity contribution is 0.0576. The number of carbonyl (C=O) groups is 3. The molecule has 0 unspecified atom stereocenters. The number of aliphatic hydroxyl groups is 1. The molecule has 0 spiro atoms. The van der Waals surface area contributed by atoms with Gasteiger partial charge in [-0.2, -0.15) is 10.00 Å². The van der Waals surface area contributed by atoms with Crippen LogP contribution in [-0.2, 0) is 17.8 Å². The van der Waals surface area contributed by atoms with Gasteiger partial charge in [0.2, 0.25) is 0 Å². The van der Waals surface area contributed by atoms with Gasteiger partial charge in [-0.1, -0.05) is 29.3 Å². The number of amides is 3. The number of nitrogens with zero attached hydrogens (tertiary/aromatic N) is 6. The highest BCUT2D eigenvalue weighted by Gasteiger charge is 2.34. The van der Waals surface area contributed by atoms with Crippen molar-refractivity contribution in [3.8, 4) is 11.3 Å².